The molecule has 3 rings (SSSR count). The number of benzene rings is 1. The maximum atomic E-state index is 13.3. The molecule has 0 aliphatic heterocycles. The zero-order valence-electron chi connectivity index (χ0n) is 12.7. The van der Waals surface area contributed by atoms with Crippen molar-refractivity contribution >= 4 is 16.9 Å². The first kappa shape index (κ1) is 15.0. The summed E-state index contributed by atoms with van der Waals surface area (Å²) in [5.74, 6) is 0.403. The van der Waals surface area contributed by atoms with E-state index >= 15 is 0 Å². The van der Waals surface area contributed by atoms with Gasteiger partial charge in [-0.25, -0.2) is 4.39 Å². The summed E-state index contributed by atoms with van der Waals surface area (Å²) in [7, 11) is 0. The average Bonchev–Trinajstić information content (AvgIpc) is 3.27. The SMILES string of the molecule is Cc1c(C(=O)NCCCOCC2CC2)oc2ccc(F)cc12. The smallest absolute Gasteiger partial charge is 0.287 e. The molecule has 1 heterocycles. The van der Waals surface area contributed by atoms with Crippen LogP contribution in [0, 0.1) is 18.7 Å². The first-order valence-corrected chi connectivity index (χ1v) is 7.70. The van der Waals surface area contributed by atoms with Crippen LogP contribution in [0.4, 0.5) is 4.39 Å². The molecular weight excluding hydrogens is 285 g/mol. The van der Waals surface area contributed by atoms with Gasteiger partial charge in [-0.15, -0.1) is 0 Å². The van der Waals surface area contributed by atoms with Gasteiger partial charge in [0.2, 0.25) is 0 Å². The van der Waals surface area contributed by atoms with Gasteiger partial charge >= 0.3 is 0 Å². The Labute approximate surface area is 128 Å². The molecule has 1 N–H and O–H groups in total. The Balaban J connectivity index is 1.52. The van der Waals surface area contributed by atoms with Gasteiger partial charge in [0.15, 0.2) is 5.76 Å². The third-order valence-electron chi connectivity index (χ3n) is 3.91. The van der Waals surface area contributed by atoms with E-state index in [1.807, 2.05) is 0 Å². The van der Waals surface area contributed by atoms with E-state index in [-0.39, 0.29) is 17.5 Å². The zero-order chi connectivity index (χ0) is 15.5. The lowest BCUT2D eigenvalue weighted by Gasteiger charge is -2.05. The molecule has 1 aromatic carbocycles. The maximum Gasteiger partial charge on any atom is 0.287 e. The number of aryl methyl sites for hydroxylation is 1. The minimum atomic E-state index is -0.337. The van der Waals surface area contributed by atoms with Gasteiger partial charge in [-0.3, -0.25) is 4.79 Å². The number of hydrogen-bond donors (Lipinski definition) is 1. The van der Waals surface area contributed by atoms with Gasteiger partial charge in [0.1, 0.15) is 11.4 Å². The van der Waals surface area contributed by atoms with Gasteiger partial charge < -0.3 is 14.5 Å². The van der Waals surface area contributed by atoms with Crippen molar-refractivity contribution < 1.29 is 18.3 Å². The lowest BCUT2D eigenvalue weighted by Crippen LogP contribution is -2.25. The molecule has 1 aliphatic rings. The first-order valence-electron chi connectivity index (χ1n) is 7.70. The molecule has 5 heteroatoms. The summed E-state index contributed by atoms with van der Waals surface area (Å²) < 4.78 is 24.3. The number of nitrogens with one attached hydrogen (secondary N) is 1. The lowest BCUT2D eigenvalue weighted by molar-refractivity contribution is 0.0912. The van der Waals surface area contributed by atoms with Crippen molar-refractivity contribution in [3.05, 3.63) is 35.3 Å². The molecule has 1 aromatic heterocycles. The molecule has 1 saturated carbocycles. The van der Waals surface area contributed by atoms with Crippen LogP contribution in [0.2, 0.25) is 0 Å². The summed E-state index contributed by atoms with van der Waals surface area (Å²) in [6.07, 6.45) is 3.33. The van der Waals surface area contributed by atoms with E-state index in [9.17, 15) is 9.18 Å². The van der Waals surface area contributed by atoms with E-state index in [2.05, 4.69) is 5.32 Å². The Hall–Kier alpha value is -1.88. The standard InChI is InChI=1S/C17H20FNO3/c1-11-14-9-13(18)5-6-15(14)22-16(11)17(20)19-7-2-8-21-10-12-3-4-12/h5-6,9,12H,2-4,7-8,10H2,1H3,(H,19,20). The van der Waals surface area contributed by atoms with Crippen LogP contribution in [-0.2, 0) is 4.74 Å². The summed E-state index contributed by atoms with van der Waals surface area (Å²) in [6.45, 7) is 3.79. The van der Waals surface area contributed by atoms with Gasteiger partial charge in [0, 0.05) is 30.7 Å². The number of furan rings is 1. The molecule has 2 aromatic rings. The van der Waals surface area contributed by atoms with Crippen LogP contribution in [-0.4, -0.2) is 25.7 Å². The molecule has 1 amide bonds. The highest BCUT2D eigenvalue weighted by Crippen LogP contribution is 2.28. The molecule has 0 radical (unpaired) electrons. The Morgan fingerprint density at radius 2 is 2.27 bits per heavy atom. The van der Waals surface area contributed by atoms with Gasteiger partial charge in [-0.1, -0.05) is 0 Å². The number of carbonyl (C=O) groups is 1. The molecule has 0 bridgehead atoms. The molecule has 118 valence electrons. The summed E-state index contributed by atoms with van der Waals surface area (Å²) >= 11 is 0. The number of rotatable bonds is 7. The van der Waals surface area contributed by atoms with Crippen molar-refractivity contribution in [2.45, 2.75) is 26.2 Å². The van der Waals surface area contributed by atoms with Crippen LogP contribution >= 0.6 is 0 Å². The van der Waals surface area contributed by atoms with Gasteiger partial charge in [0.05, 0.1) is 0 Å². The third-order valence-corrected chi connectivity index (χ3v) is 3.91. The Morgan fingerprint density at radius 1 is 1.45 bits per heavy atom. The van der Waals surface area contributed by atoms with Gasteiger partial charge in [-0.05, 0) is 50.3 Å². The Bertz CT molecular complexity index is 676. The Kier molecular flexibility index (Phi) is 4.43. The highest BCUT2D eigenvalue weighted by Gasteiger charge is 2.21. The fraction of sp³-hybridized carbons (Fsp3) is 0.471. The minimum absolute atomic E-state index is 0.250. The average molecular weight is 305 g/mol. The van der Waals surface area contributed by atoms with Crippen LogP contribution in [0.15, 0.2) is 22.6 Å². The number of fused-ring (bicyclic) bond motifs is 1. The topological polar surface area (TPSA) is 51.5 Å². The second-order valence-corrected chi connectivity index (χ2v) is 5.82. The second-order valence-electron chi connectivity index (χ2n) is 5.82. The van der Waals surface area contributed by atoms with Crippen molar-refractivity contribution in [2.75, 3.05) is 19.8 Å². The molecule has 0 unspecified atom stereocenters. The number of amides is 1. The van der Waals surface area contributed by atoms with Crippen LogP contribution in [0.5, 0.6) is 0 Å². The quantitative estimate of drug-likeness (QED) is 0.797. The molecule has 4 nitrogen and oxygen atoms in total. The fourth-order valence-electron chi connectivity index (χ4n) is 2.40. The van der Waals surface area contributed by atoms with Crippen molar-refractivity contribution in [3.63, 3.8) is 0 Å². The largest absolute Gasteiger partial charge is 0.451 e. The third kappa shape index (κ3) is 3.47. The monoisotopic (exact) mass is 305 g/mol. The molecular formula is C17H20FNO3. The predicted molar refractivity (Wildman–Crippen MR) is 81.4 cm³/mol. The Morgan fingerprint density at radius 3 is 3.05 bits per heavy atom. The van der Waals surface area contributed by atoms with Crippen molar-refractivity contribution in [2.24, 2.45) is 5.92 Å². The van der Waals surface area contributed by atoms with E-state index in [4.69, 9.17) is 9.15 Å². The van der Waals surface area contributed by atoms with E-state index < -0.39 is 0 Å². The maximum absolute atomic E-state index is 13.3. The summed E-state index contributed by atoms with van der Waals surface area (Å²) in [6, 6.07) is 4.25. The minimum Gasteiger partial charge on any atom is -0.451 e. The van der Waals surface area contributed by atoms with E-state index in [1.165, 1.54) is 25.0 Å². The van der Waals surface area contributed by atoms with Crippen LogP contribution in [0.25, 0.3) is 11.0 Å². The van der Waals surface area contributed by atoms with Crippen LogP contribution in [0.1, 0.15) is 35.4 Å². The molecule has 1 fully saturated rings. The highest BCUT2D eigenvalue weighted by molar-refractivity contribution is 5.98. The second kappa shape index (κ2) is 6.48. The van der Waals surface area contributed by atoms with Crippen molar-refractivity contribution in [3.8, 4) is 0 Å². The van der Waals surface area contributed by atoms with Crippen LogP contribution < -0.4 is 5.32 Å². The van der Waals surface area contributed by atoms with E-state index in [0.717, 1.165) is 18.9 Å². The number of halogens is 1. The fourth-order valence-corrected chi connectivity index (χ4v) is 2.40. The number of ether oxygens (including phenoxy) is 1. The molecule has 0 atom stereocenters. The molecule has 0 spiro atoms. The predicted octanol–water partition coefficient (Wildman–Crippen LogP) is 3.43. The van der Waals surface area contributed by atoms with E-state index in [1.54, 1.807) is 13.0 Å². The van der Waals surface area contributed by atoms with Crippen molar-refractivity contribution in [1.82, 2.24) is 5.32 Å². The lowest BCUT2D eigenvalue weighted by atomic mass is 10.1. The summed E-state index contributed by atoms with van der Waals surface area (Å²) in [5, 5.41) is 3.45. The number of carbonyl (C=O) groups excluding carboxylic acids is 1. The van der Waals surface area contributed by atoms with Crippen LogP contribution in [0.3, 0.4) is 0 Å². The summed E-state index contributed by atoms with van der Waals surface area (Å²) in [5.41, 5.74) is 1.19. The molecule has 22 heavy (non-hydrogen) atoms. The van der Waals surface area contributed by atoms with Gasteiger partial charge in [0.25, 0.3) is 5.91 Å². The first-order chi connectivity index (χ1) is 10.6. The van der Waals surface area contributed by atoms with Crippen molar-refractivity contribution in [1.29, 1.82) is 0 Å². The van der Waals surface area contributed by atoms with E-state index in [0.29, 0.717) is 29.7 Å². The van der Waals surface area contributed by atoms with Gasteiger partial charge in [-0.2, -0.15) is 0 Å². The normalized spacial score (nSPS) is 14.5. The number of hydrogen-bond acceptors (Lipinski definition) is 3. The molecule has 0 saturated heterocycles. The zero-order valence-corrected chi connectivity index (χ0v) is 12.7. The summed E-state index contributed by atoms with van der Waals surface area (Å²) in [4.78, 5) is 12.1. The highest BCUT2D eigenvalue weighted by atomic mass is 19.1. The molecule has 1 aliphatic carbocycles.